The molecule has 2 aliphatic rings. The number of benzene rings is 2. The Balaban J connectivity index is 1.28. The number of aromatic nitrogens is 1. The predicted molar refractivity (Wildman–Crippen MR) is 126 cm³/mol. The summed E-state index contributed by atoms with van der Waals surface area (Å²) in [5.74, 6) is 0.0573. The quantitative estimate of drug-likeness (QED) is 0.625. The molecule has 162 valence electrons. The molecular weight excluding hydrogens is 398 g/mol. The minimum Gasteiger partial charge on any atom is -0.335 e. The van der Waals surface area contributed by atoms with Crippen LogP contribution in [0.15, 0.2) is 90.2 Å². The lowest BCUT2D eigenvalue weighted by Crippen LogP contribution is -2.50. The van der Waals surface area contributed by atoms with Gasteiger partial charge in [0.1, 0.15) is 5.71 Å². The Kier molecular flexibility index (Phi) is 5.94. The van der Waals surface area contributed by atoms with Crippen LogP contribution in [0.25, 0.3) is 0 Å². The molecule has 0 saturated carbocycles. The third kappa shape index (κ3) is 4.41. The topological polar surface area (TPSA) is 52.0 Å². The number of pyridine rings is 1. The molecule has 1 saturated heterocycles. The van der Waals surface area contributed by atoms with Crippen LogP contribution in [0.3, 0.4) is 0 Å². The van der Waals surface area contributed by atoms with E-state index in [0.29, 0.717) is 25.2 Å². The lowest BCUT2D eigenvalue weighted by molar-refractivity contribution is -0.125. The van der Waals surface area contributed by atoms with Crippen LogP contribution >= 0.6 is 0 Å². The number of hydrogen-bond donors (Lipinski definition) is 0. The molecule has 32 heavy (non-hydrogen) atoms. The van der Waals surface area contributed by atoms with Gasteiger partial charge in [0.15, 0.2) is 0 Å². The van der Waals surface area contributed by atoms with E-state index in [2.05, 4.69) is 22.0 Å². The molecule has 0 unspecified atom stereocenters. The Morgan fingerprint density at radius 1 is 0.844 bits per heavy atom. The number of para-hydroxylation sites is 1. The average molecular weight is 426 g/mol. The number of anilines is 1. The van der Waals surface area contributed by atoms with E-state index in [1.807, 2.05) is 82.8 Å². The summed E-state index contributed by atoms with van der Waals surface area (Å²) in [6.45, 7) is 3.94. The highest BCUT2D eigenvalue weighted by Gasteiger charge is 2.35. The van der Waals surface area contributed by atoms with Gasteiger partial charge in [-0.15, -0.1) is 0 Å². The van der Waals surface area contributed by atoms with Gasteiger partial charge in [-0.05, 0) is 29.8 Å². The second kappa shape index (κ2) is 9.32. The second-order valence-corrected chi connectivity index (χ2v) is 8.25. The van der Waals surface area contributed by atoms with Gasteiger partial charge >= 0.3 is 0 Å². The fraction of sp³-hybridized carbons (Fsp3) is 0.269. The first kappa shape index (κ1) is 20.4. The smallest absolute Gasteiger partial charge is 0.270 e. The summed E-state index contributed by atoms with van der Waals surface area (Å²) in [5, 5.41) is 6.81. The summed E-state index contributed by atoms with van der Waals surface area (Å²) >= 11 is 0. The molecule has 3 aromatic rings. The summed E-state index contributed by atoms with van der Waals surface area (Å²) < 4.78 is 0. The summed E-state index contributed by atoms with van der Waals surface area (Å²) in [7, 11) is 0. The molecule has 0 bridgehead atoms. The van der Waals surface area contributed by atoms with E-state index in [9.17, 15) is 4.79 Å². The van der Waals surface area contributed by atoms with Crippen molar-refractivity contribution < 1.29 is 4.79 Å². The van der Waals surface area contributed by atoms with Crippen LogP contribution in [0.5, 0.6) is 0 Å². The standard InChI is InChI=1S/C26H27N5O/c32-26(30-17-15-29(16-18-30)20-22-11-7-8-14-27-22)24-19-25(21-9-3-1-4-10-21)31(28-24)23-12-5-2-6-13-23/h1-14,25H,15-20H2/t25-/m0/s1. The fourth-order valence-corrected chi connectivity index (χ4v) is 4.41. The average Bonchev–Trinajstić information content (AvgIpc) is 3.31. The summed E-state index contributed by atoms with van der Waals surface area (Å²) in [4.78, 5) is 22.1. The molecule has 1 amide bonds. The second-order valence-electron chi connectivity index (χ2n) is 8.25. The third-order valence-corrected chi connectivity index (χ3v) is 6.13. The molecule has 3 heterocycles. The van der Waals surface area contributed by atoms with E-state index in [0.717, 1.165) is 31.0 Å². The van der Waals surface area contributed by atoms with Gasteiger partial charge < -0.3 is 4.90 Å². The molecule has 6 heteroatoms. The van der Waals surface area contributed by atoms with Crippen molar-refractivity contribution in [2.24, 2.45) is 5.10 Å². The van der Waals surface area contributed by atoms with Gasteiger partial charge in [-0.1, -0.05) is 54.6 Å². The van der Waals surface area contributed by atoms with Crippen LogP contribution in [0, 0.1) is 0 Å². The molecule has 1 aromatic heterocycles. The lowest BCUT2D eigenvalue weighted by Gasteiger charge is -2.34. The minimum atomic E-state index is 0.0306. The van der Waals surface area contributed by atoms with Crippen molar-refractivity contribution in [1.29, 1.82) is 0 Å². The van der Waals surface area contributed by atoms with Gasteiger partial charge in [0.25, 0.3) is 5.91 Å². The largest absolute Gasteiger partial charge is 0.335 e. The zero-order valence-corrected chi connectivity index (χ0v) is 18.0. The number of carbonyl (C=O) groups excluding carboxylic acids is 1. The van der Waals surface area contributed by atoms with Gasteiger partial charge in [0, 0.05) is 45.3 Å². The Morgan fingerprint density at radius 3 is 2.22 bits per heavy atom. The minimum absolute atomic E-state index is 0.0306. The van der Waals surface area contributed by atoms with Gasteiger partial charge in [-0.25, -0.2) is 0 Å². The number of piperazine rings is 1. The molecule has 1 atom stereocenters. The van der Waals surface area contributed by atoms with Crippen molar-refractivity contribution >= 4 is 17.3 Å². The number of rotatable bonds is 5. The number of hydrogen-bond acceptors (Lipinski definition) is 5. The van der Waals surface area contributed by atoms with E-state index >= 15 is 0 Å². The lowest BCUT2D eigenvalue weighted by atomic mass is 10.0. The first-order valence-corrected chi connectivity index (χ1v) is 11.2. The Hall–Kier alpha value is -3.51. The van der Waals surface area contributed by atoms with Crippen molar-refractivity contribution in [2.45, 2.75) is 19.0 Å². The highest BCUT2D eigenvalue weighted by Crippen LogP contribution is 2.35. The van der Waals surface area contributed by atoms with E-state index < -0.39 is 0 Å². The maximum absolute atomic E-state index is 13.4. The first-order chi connectivity index (χ1) is 15.8. The van der Waals surface area contributed by atoms with Crippen molar-refractivity contribution in [3.63, 3.8) is 0 Å². The van der Waals surface area contributed by atoms with Crippen LogP contribution in [-0.2, 0) is 11.3 Å². The zero-order chi connectivity index (χ0) is 21.8. The van der Waals surface area contributed by atoms with Gasteiger partial charge in [-0.3, -0.25) is 19.7 Å². The van der Waals surface area contributed by atoms with E-state index in [1.54, 1.807) is 0 Å². The van der Waals surface area contributed by atoms with Gasteiger partial charge in [0.2, 0.25) is 0 Å². The fourth-order valence-electron chi connectivity index (χ4n) is 4.41. The van der Waals surface area contributed by atoms with Crippen molar-refractivity contribution in [2.75, 3.05) is 31.2 Å². The SMILES string of the molecule is O=C(C1=NN(c2ccccc2)[C@H](c2ccccc2)C1)N1CCN(Cc2ccccn2)CC1. The summed E-state index contributed by atoms with van der Waals surface area (Å²) in [5.41, 5.74) is 3.88. The maximum Gasteiger partial charge on any atom is 0.270 e. The van der Waals surface area contributed by atoms with Crippen molar-refractivity contribution in [3.05, 3.63) is 96.3 Å². The van der Waals surface area contributed by atoms with Crippen molar-refractivity contribution in [1.82, 2.24) is 14.8 Å². The molecular formula is C26H27N5O. The number of carbonyl (C=O) groups is 1. The molecule has 0 aliphatic carbocycles. The van der Waals surface area contributed by atoms with Crippen LogP contribution in [-0.4, -0.2) is 52.6 Å². The Bertz CT molecular complexity index is 1060. The number of amides is 1. The van der Waals surface area contributed by atoms with Crippen LogP contribution in [0.1, 0.15) is 23.7 Å². The number of hydrazone groups is 1. The van der Waals surface area contributed by atoms with Gasteiger partial charge in [0.05, 0.1) is 17.4 Å². The maximum atomic E-state index is 13.4. The molecule has 5 rings (SSSR count). The molecule has 2 aromatic carbocycles. The number of nitrogens with zero attached hydrogens (tertiary/aromatic N) is 5. The van der Waals surface area contributed by atoms with Gasteiger partial charge in [-0.2, -0.15) is 5.10 Å². The molecule has 0 spiro atoms. The molecule has 0 N–H and O–H groups in total. The predicted octanol–water partition coefficient (Wildman–Crippen LogP) is 3.73. The first-order valence-electron chi connectivity index (χ1n) is 11.2. The summed E-state index contributed by atoms with van der Waals surface area (Å²) in [6.07, 6.45) is 2.45. The summed E-state index contributed by atoms with van der Waals surface area (Å²) in [6, 6.07) is 26.5. The normalized spacial score (nSPS) is 19.1. The Morgan fingerprint density at radius 2 is 1.53 bits per heavy atom. The van der Waals surface area contributed by atoms with E-state index in [1.165, 1.54) is 5.56 Å². The van der Waals surface area contributed by atoms with E-state index in [4.69, 9.17) is 5.10 Å². The van der Waals surface area contributed by atoms with Crippen molar-refractivity contribution in [3.8, 4) is 0 Å². The molecule has 1 fully saturated rings. The third-order valence-electron chi connectivity index (χ3n) is 6.13. The van der Waals surface area contributed by atoms with Crippen LogP contribution in [0.4, 0.5) is 5.69 Å². The van der Waals surface area contributed by atoms with Crippen LogP contribution < -0.4 is 5.01 Å². The Labute approximate surface area is 188 Å². The van der Waals surface area contributed by atoms with Crippen LogP contribution in [0.2, 0.25) is 0 Å². The molecule has 0 radical (unpaired) electrons. The highest BCUT2D eigenvalue weighted by molar-refractivity contribution is 6.39. The molecule has 2 aliphatic heterocycles. The zero-order valence-electron chi connectivity index (χ0n) is 18.0. The van der Waals surface area contributed by atoms with E-state index in [-0.39, 0.29) is 11.9 Å². The highest BCUT2D eigenvalue weighted by atomic mass is 16.2. The molecule has 6 nitrogen and oxygen atoms in total. The monoisotopic (exact) mass is 425 g/mol.